The molecule has 0 bridgehead atoms. The summed E-state index contributed by atoms with van der Waals surface area (Å²) in [7, 11) is 2.11. The molecule has 2 aliphatic rings. The van der Waals surface area contributed by atoms with Gasteiger partial charge in [0.2, 0.25) is 0 Å². The highest BCUT2D eigenvalue weighted by Gasteiger charge is 2.36. The maximum atomic E-state index is 13.4. The maximum Gasteiger partial charge on any atom is 0.416 e. The molecule has 2 aromatic carbocycles. The molecule has 2 aromatic rings. The van der Waals surface area contributed by atoms with Crippen molar-refractivity contribution in [3.63, 3.8) is 0 Å². The number of halogens is 3. The molecule has 0 spiro atoms. The highest BCUT2D eigenvalue weighted by atomic mass is 32.2. The molecule has 150 valence electrons. The zero-order valence-electron chi connectivity index (χ0n) is 16.0. The molecule has 1 unspecified atom stereocenters. The van der Waals surface area contributed by atoms with Crippen LogP contribution in [0, 0.1) is 0 Å². The van der Waals surface area contributed by atoms with Gasteiger partial charge in [-0.15, -0.1) is 0 Å². The second-order valence-corrected chi connectivity index (χ2v) is 8.43. The summed E-state index contributed by atoms with van der Waals surface area (Å²) >= 11 is 1.54. The van der Waals surface area contributed by atoms with Crippen LogP contribution in [0.3, 0.4) is 0 Å². The molecule has 0 aliphatic carbocycles. The van der Waals surface area contributed by atoms with Gasteiger partial charge in [0.1, 0.15) is 0 Å². The van der Waals surface area contributed by atoms with Crippen LogP contribution >= 0.6 is 11.8 Å². The summed E-state index contributed by atoms with van der Waals surface area (Å²) < 4.78 is 40.3. The highest BCUT2D eigenvalue weighted by molar-refractivity contribution is 7.99. The van der Waals surface area contributed by atoms with Gasteiger partial charge in [-0.3, -0.25) is 4.90 Å². The molecule has 0 saturated carbocycles. The third kappa shape index (κ3) is 3.63. The third-order valence-corrected chi connectivity index (χ3v) is 6.64. The van der Waals surface area contributed by atoms with Gasteiger partial charge in [-0.05, 0) is 43.8 Å². The van der Waals surface area contributed by atoms with Crippen molar-refractivity contribution in [2.45, 2.75) is 35.5 Å². The second kappa shape index (κ2) is 7.61. The first-order valence-corrected chi connectivity index (χ1v) is 10.4. The molecular formula is C21H24F3N3S. The number of fused-ring (bicyclic) bond motifs is 2. The van der Waals surface area contributed by atoms with Gasteiger partial charge >= 0.3 is 6.18 Å². The Labute approximate surface area is 168 Å². The smallest absolute Gasteiger partial charge is 0.323 e. The van der Waals surface area contributed by atoms with Gasteiger partial charge in [0.25, 0.3) is 0 Å². The van der Waals surface area contributed by atoms with E-state index in [0.29, 0.717) is 5.69 Å². The van der Waals surface area contributed by atoms with Crippen LogP contribution in [0.2, 0.25) is 0 Å². The Morgan fingerprint density at radius 1 is 0.964 bits per heavy atom. The second-order valence-electron chi connectivity index (χ2n) is 7.35. The molecular weight excluding hydrogens is 383 g/mol. The molecule has 1 fully saturated rings. The van der Waals surface area contributed by atoms with Crippen molar-refractivity contribution >= 4 is 23.1 Å². The monoisotopic (exact) mass is 407 g/mol. The number of nitrogens with zero attached hydrogens (tertiary/aromatic N) is 3. The summed E-state index contributed by atoms with van der Waals surface area (Å²) in [4.78, 5) is 8.78. The molecule has 2 aliphatic heterocycles. The van der Waals surface area contributed by atoms with Crippen molar-refractivity contribution in [3.8, 4) is 0 Å². The molecule has 0 aromatic heterocycles. The number of anilines is 2. The van der Waals surface area contributed by atoms with Gasteiger partial charge in [0, 0.05) is 36.0 Å². The Hall–Kier alpha value is -1.70. The van der Waals surface area contributed by atoms with Crippen molar-refractivity contribution in [2.24, 2.45) is 0 Å². The van der Waals surface area contributed by atoms with Crippen LogP contribution < -0.4 is 4.90 Å². The zero-order valence-corrected chi connectivity index (χ0v) is 16.9. The molecule has 1 atom stereocenters. The van der Waals surface area contributed by atoms with Gasteiger partial charge in [-0.2, -0.15) is 13.2 Å². The standard InChI is InChI=1S/C21H24F3N3S/c1-3-20(26-12-10-25(2)11-13-26)27-16-6-4-5-7-18(16)28-19-9-8-15(14-17(19)27)21(22,23)24/h4-9,14,20H,3,10-13H2,1-2H3. The Kier molecular flexibility index (Phi) is 5.33. The largest absolute Gasteiger partial charge is 0.416 e. The van der Waals surface area contributed by atoms with Crippen molar-refractivity contribution < 1.29 is 13.2 Å². The van der Waals surface area contributed by atoms with Crippen LogP contribution in [0.4, 0.5) is 24.5 Å². The minimum absolute atomic E-state index is 0.0259. The van der Waals surface area contributed by atoms with Crippen molar-refractivity contribution in [1.29, 1.82) is 0 Å². The molecule has 7 heteroatoms. The lowest BCUT2D eigenvalue weighted by Gasteiger charge is -2.46. The Balaban J connectivity index is 1.80. The molecule has 1 saturated heterocycles. The molecule has 0 radical (unpaired) electrons. The molecule has 3 nitrogen and oxygen atoms in total. The van der Waals surface area contributed by atoms with Gasteiger partial charge in [0.05, 0.1) is 23.1 Å². The SMILES string of the molecule is CCC(N1CCN(C)CC1)N1c2ccccc2Sc2ccc(C(F)(F)F)cc21. The quantitative estimate of drug-likeness (QED) is 0.683. The molecule has 0 amide bonds. The van der Waals surface area contributed by atoms with Crippen molar-refractivity contribution in [3.05, 3.63) is 48.0 Å². The minimum Gasteiger partial charge on any atom is -0.323 e. The van der Waals surface area contributed by atoms with Crippen molar-refractivity contribution in [2.75, 3.05) is 38.1 Å². The highest BCUT2D eigenvalue weighted by Crippen LogP contribution is 2.50. The van der Waals surface area contributed by atoms with E-state index in [9.17, 15) is 13.2 Å². The number of para-hydroxylation sites is 1. The van der Waals surface area contributed by atoms with Crippen LogP contribution in [0.25, 0.3) is 0 Å². The fourth-order valence-corrected chi connectivity index (χ4v) is 5.06. The van der Waals surface area contributed by atoms with E-state index < -0.39 is 11.7 Å². The predicted octanol–water partition coefficient (Wildman–Crippen LogP) is 5.29. The average Bonchev–Trinajstić information content (AvgIpc) is 2.68. The normalized spacial score (nSPS) is 19.2. The van der Waals surface area contributed by atoms with E-state index in [1.165, 1.54) is 12.1 Å². The van der Waals surface area contributed by atoms with E-state index >= 15 is 0 Å². The summed E-state index contributed by atoms with van der Waals surface area (Å²) in [5, 5.41) is 0. The molecule has 2 heterocycles. The lowest BCUT2D eigenvalue weighted by molar-refractivity contribution is -0.137. The van der Waals surface area contributed by atoms with E-state index in [2.05, 4.69) is 28.7 Å². The fraction of sp³-hybridized carbons (Fsp3) is 0.429. The van der Waals surface area contributed by atoms with E-state index in [4.69, 9.17) is 0 Å². The van der Waals surface area contributed by atoms with Crippen molar-refractivity contribution in [1.82, 2.24) is 9.80 Å². The number of hydrogen-bond acceptors (Lipinski definition) is 4. The van der Waals surface area contributed by atoms with E-state index in [1.54, 1.807) is 17.8 Å². The van der Waals surface area contributed by atoms with Crippen LogP contribution in [0.5, 0.6) is 0 Å². The number of hydrogen-bond donors (Lipinski definition) is 0. The maximum absolute atomic E-state index is 13.4. The van der Waals surface area contributed by atoms with Crippen LogP contribution in [0.15, 0.2) is 52.3 Å². The third-order valence-electron chi connectivity index (χ3n) is 5.51. The number of benzene rings is 2. The number of alkyl halides is 3. The first kappa shape index (κ1) is 19.6. The number of rotatable bonds is 3. The first-order valence-electron chi connectivity index (χ1n) is 9.58. The average molecular weight is 408 g/mol. The minimum atomic E-state index is -4.35. The summed E-state index contributed by atoms with van der Waals surface area (Å²) in [6.45, 7) is 5.87. The van der Waals surface area contributed by atoms with Gasteiger partial charge in [0.15, 0.2) is 0 Å². The Morgan fingerprint density at radius 2 is 1.64 bits per heavy atom. The predicted molar refractivity (Wildman–Crippen MR) is 107 cm³/mol. The summed E-state index contributed by atoms with van der Waals surface area (Å²) in [6.07, 6.45) is -3.49. The fourth-order valence-electron chi connectivity index (χ4n) is 4.00. The van der Waals surface area contributed by atoms with Crippen LogP contribution in [-0.4, -0.2) is 49.2 Å². The molecule has 4 rings (SSSR count). The van der Waals surface area contributed by atoms with Gasteiger partial charge < -0.3 is 9.80 Å². The number of likely N-dealkylation sites (N-methyl/N-ethyl adjacent to an activating group) is 1. The lowest BCUT2D eigenvalue weighted by Crippen LogP contribution is -2.54. The van der Waals surface area contributed by atoms with Gasteiger partial charge in [-0.1, -0.05) is 30.8 Å². The topological polar surface area (TPSA) is 9.72 Å². The van der Waals surface area contributed by atoms with Crippen LogP contribution in [0.1, 0.15) is 18.9 Å². The zero-order chi connectivity index (χ0) is 19.9. The van der Waals surface area contributed by atoms with Crippen LogP contribution in [-0.2, 0) is 6.18 Å². The Bertz CT molecular complexity index is 847. The Morgan fingerprint density at radius 3 is 2.32 bits per heavy atom. The van der Waals surface area contributed by atoms with E-state index in [0.717, 1.165) is 48.1 Å². The lowest BCUT2D eigenvalue weighted by atomic mass is 10.1. The summed E-state index contributed by atoms with van der Waals surface area (Å²) in [5.74, 6) is 0. The number of piperazine rings is 1. The summed E-state index contributed by atoms with van der Waals surface area (Å²) in [5.41, 5.74) is 1.05. The van der Waals surface area contributed by atoms with Gasteiger partial charge in [-0.25, -0.2) is 0 Å². The molecule has 0 N–H and O–H groups in total. The van der Waals surface area contributed by atoms with E-state index in [1.807, 2.05) is 24.3 Å². The van der Waals surface area contributed by atoms with E-state index in [-0.39, 0.29) is 6.17 Å². The first-order chi connectivity index (χ1) is 13.4. The molecule has 28 heavy (non-hydrogen) atoms. The summed E-state index contributed by atoms with van der Waals surface area (Å²) in [6, 6.07) is 12.1.